The highest BCUT2D eigenvalue weighted by Crippen LogP contribution is 2.44. The summed E-state index contributed by atoms with van der Waals surface area (Å²) in [4.78, 5) is 12.6. The van der Waals surface area contributed by atoms with Gasteiger partial charge >= 0.3 is 0 Å². The van der Waals surface area contributed by atoms with Crippen LogP contribution in [0.3, 0.4) is 0 Å². The average molecular weight is 361 g/mol. The number of nitrogens with zero attached hydrogens (tertiary/aromatic N) is 4. The minimum atomic E-state index is -0.670. The Bertz CT molecular complexity index is 833. The van der Waals surface area contributed by atoms with Crippen LogP contribution < -0.4 is 5.73 Å². The number of anilines is 1. The summed E-state index contributed by atoms with van der Waals surface area (Å²) in [5.41, 5.74) is 7.04. The largest absolute Gasteiger partial charge is 0.382 e. The normalized spacial score (nSPS) is 30.4. The molecule has 2 fully saturated rings. The number of imidazole rings is 1. The monoisotopic (exact) mass is 361 g/mol. The minimum Gasteiger partial charge on any atom is -0.382 e. The Balaban J connectivity index is 1.66. The molecular formula is C16H19N5O3S. The first-order valence-corrected chi connectivity index (χ1v) is 9.11. The van der Waals surface area contributed by atoms with Gasteiger partial charge in [-0.2, -0.15) is 0 Å². The maximum Gasteiger partial charge on any atom is 0.167 e. The number of terminal acetylenes is 1. The van der Waals surface area contributed by atoms with Crippen molar-refractivity contribution in [3.63, 3.8) is 0 Å². The third-order valence-electron chi connectivity index (χ3n) is 4.25. The zero-order valence-corrected chi connectivity index (χ0v) is 14.8. The van der Waals surface area contributed by atoms with E-state index in [1.165, 1.54) is 6.33 Å². The standard InChI is InChI=1S/C16H19N5O3S/c1-4-5-25-6-9-11-12(24-16(2,3)23-11)15(22-9)21-8-20-10-13(17)18-7-19-14(10)21/h1,7-9,11-12,15H,5-6H2,2-3H3,(H2,17,18,19)/t9-,11-,12-,15-/m1/s1. The topological polar surface area (TPSA) is 97.3 Å². The second-order valence-corrected chi connectivity index (χ2v) is 7.46. The number of rotatable bonds is 4. The zero-order valence-electron chi connectivity index (χ0n) is 14.0. The molecule has 2 saturated heterocycles. The Morgan fingerprint density at radius 1 is 1.32 bits per heavy atom. The molecule has 0 radical (unpaired) electrons. The van der Waals surface area contributed by atoms with E-state index >= 15 is 0 Å². The van der Waals surface area contributed by atoms with Crippen molar-refractivity contribution in [1.82, 2.24) is 19.5 Å². The lowest BCUT2D eigenvalue weighted by Crippen LogP contribution is -2.31. The number of nitrogen functional groups attached to an aromatic ring is 1. The van der Waals surface area contributed by atoms with Crippen LogP contribution in [0.25, 0.3) is 11.2 Å². The molecule has 2 aromatic rings. The van der Waals surface area contributed by atoms with E-state index in [1.54, 1.807) is 18.1 Å². The maximum absolute atomic E-state index is 6.24. The molecule has 0 spiro atoms. The first kappa shape index (κ1) is 16.6. The molecule has 0 aromatic carbocycles. The molecule has 0 bridgehead atoms. The number of nitrogens with two attached hydrogens (primary N) is 1. The number of hydrogen-bond donors (Lipinski definition) is 1. The highest BCUT2D eigenvalue weighted by molar-refractivity contribution is 7.99. The van der Waals surface area contributed by atoms with E-state index in [0.717, 1.165) is 5.75 Å². The summed E-state index contributed by atoms with van der Waals surface area (Å²) in [7, 11) is 0. The molecule has 9 heteroatoms. The molecule has 0 unspecified atom stereocenters. The highest BCUT2D eigenvalue weighted by Gasteiger charge is 2.55. The van der Waals surface area contributed by atoms with Gasteiger partial charge in [0.1, 0.15) is 24.1 Å². The molecule has 2 aromatic heterocycles. The second kappa shape index (κ2) is 6.14. The molecular weight excluding hydrogens is 342 g/mol. The van der Waals surface area contributed by atoms with Crippen LogP contribution in [-0.4, -0.2) is 55.1 Å². The van der Waals surface area contributed by atoms with Gasteiger partial charge in [0.15, 0.2) is 23.5 Å². The third kappa shape index (κ3) is 2.85. The predicted molar refractivity (Wildman–Crippen MR) is 93.6 cm³/mol. The summed E-state index contributed by atoms with van der Waals surface area (Å²) in [5.74, 6) is 3.65. The van der Waals surface area contributed by atoms with Crippen LogP contribution >= 0.6 is 11.8 Å². The van der Waals surface area contributed by atoms with Crippen LogP contribution in [0, 0.1) is 12.3 Å². The number of hydrogen-bond acceptors (Lipinski definition) is 8. The Hall–Kier alpha value is -1.86. The molecule has 4 heterocycles. The van der Waals surface area contributed by atoms with E-state index in [-0.39, 0.29) is 18.3 Å². The van der Waals surface area contributed by atoms with Crippen LogP contribution in [0.1, 0.15) is 20.1 Å². The van der Waals surface area contributed by atoms with Crippen molar-refractivity contribution in [3.05, 3.63) is 12.7 Å². The molecule has 4 atom stereocenters. The van der Waals surface area contributed by atoms with Gasteiger partial charge in [0.25, 0.3) is 0 Å². The SMILES string of the molecule is C#CCSC[C@H]1O[C@@H](n2cnc3c(N)ncnc32)[C@@H]2OC(C)(C)O[C@@H]21. The van der Waals surface area contributed by atoms with Gasteiger partial charge in [0, 0.05) is 5.75 Å². The summed E-state index contributed by atoms with van der Waals surface area (Å²) in [5, 5.41) is 0. The van der Waals surface area contributed by atoms with Crippen LogP contribution in [0.15, 0.2) is 12.7 Å². The molecule has 0 aliphatic carbocycles. The van der Waals surface area contributed by atoms with E-state index in [2.05, 4.69) is 20.9 Å². The van der Waals surface area contributed by atoms with Gasteiger partial charge in [-0.1, -0.05) is 5.92 Å². The smallest absolute Gasteiger partial charge is 0.167 e. The van der Waals surface area contributed by atoms with Crippen LogP contribution in [0.4, 0.5) is 5.82 Å². The Labute approximate surface area is 149 Å². The van der Waals surface area contributed by atoms with Gasteiger partial charge in [-0.3, -0.25) is 4.57 Å². The molecule has 4 rings (SSSR count). The summed E-state index contributed by atoms with van der Waals surface area (Å²) in [6.07, 6.45) is 7.43. The molecule has 2 aliphatic heterocycles. The van der Waals surface area contributed by atoms with Crippen LogP contribution in [-0.2, 0) is 14.2 Å². The van der Waals surface area contributed by atoms with Gasteiger partial charge in [0.2, 0.25) is 0 Å². The van der Waals surface area contributed by atoms with Crippen LogP contribution in [0.2, 0.25) is 0 Å². The van der Waals surface area contributed by atoms with Crippen molar-refractivity contribution in [2.75, 3.05) is 17.2 Å². The van der Waals surface area contributed by atoms with Crippen molar-refractivity contribution in [1.29, 1.82) is 0 Å². The first-order valence-electron chi connectivity index (χ1n) is 7.95. The number of aromatic nitrogens is 4. The van der Waals surface area contributed by atoms with E-state index in [1.807, 2.05) is 18.4 Å². The predicted octanol–water partition coefficient (Wildman–Crippen LogP) is 1.19. The third-order valence-corrected chi connectivity index (χ3v) is 5.19. The molecule has 25 heavy (non-hydrogen) atoms. The maximum atomic E-state index is 6.24. The molecule has 0 amide bonds. The van der Waals surface area contributed by atoms with E-state index in [4.69, 9.17) is 26.4 Å². The van der Waals surface area contributed by atoms with Gasteiger partial charge in [-0.25, -0.2) is 15.0 Å². The van der Waals surface area contributed by atoms with Crippen molar-refractivity contribution in [3.8, 4) is 12.3 Å². The lowest BCUT2D eigenvalue weighted by atomic mass is 10.1. The van der Waals surface area contributed by atoms with Gasteiger partial charge < -0.3 is 19.9 Å². The summed E-state index contributed by atoms with van der Waals surface area (Å²) in [6, 6.07) is 0. The minimum absolute atomic E-state index is 0.133. The van der Waals surface area contributed by atoms with Gasteiger partial charge in [-0.05, 0) is 13.8 Å². The molecule has 8 nitrogen and oxygen atoms in total. The lowest BCUT2D eigenvalue weighted by molar-refractivity contribution is -0.193. The summed E-state index contributed by atoms with van der Waals surface area (Å²) < 4.78 is 20.3. The van der Waals surface area contributed by atoms with E-state index in [0.29, 0.717) is 22.7 Å². The Morgan fingerprint density at radius 3 is 2.92 bits per heavy atom. The van der Waals surface area contributed by atoms with Crippen molar-refractivity contribution in [2.45, 2.75) is 44.2 Å². The molecule has 0 saturated carbocycles. The lowest BCUT2D eigenvalue weighted by Gasteiger charge is -2.24. The molecule has 132 valence electrons. The average Bonchev–Trinajstić information content (AvgIpc) is 3.20. The Kier molecular flexibility index (Phi) is 4.08. The molecule has 2 N–H and O–H groups in total. The second-order valence-electron chi connectivity index (χ2n) is 6.43. The van der Waals surface area contributed by atoms with Crippen LogP contribution in [0.5, 0.6) is 0 Å². The quantitative estimate of drug-likeness (QED) is 0.641. The number of fused-ring (bicyclic) bond motifs is 2. The van der Waals surface area contributed by atoms with Crippen molar-refractivity contribution < 1.29 is 14.2 Å². The van der Waals surface area contributed by atoms with E-state index < -0.39 is 12.0 Å². The zero-order chi connectivity index (χ0) is 17.6. The Morgan fingerprint density at radius 2 is 2.12 bits per heavy atom. The van der Waals surface area contributed by atoms with Gasteiger partial charge in [-0.15, -0.1) is 18.2 Å². The van der Waals surface area contributed by atoms with E-state index in [9.17, 15) is 0 Å². The summed E-state index contributed by atoms with van der Waals surface area (Å²) in [6.45, 7) is 3.81. The molecule has 2 aliphatic rings. The van der Waals surface area contributed by atoms with Crippen molar-refractivity contribution >= 4 is 28.7 Å². The highest BCUT2D eigenvalue weighted by atomic mass is 32.2. The fraction of sp³-hybridized carbons (Fsp3) is 0.562. The summed E-state index contributed by atoms with van der Waals surface area (Å²) >= 11 is 1.64. The first-order chi connectivity index (χ1) is 12.0. The fourth-order valence-electron chi connectivity index (χ4n) is 3.31. The number of ether oxygens (including phenoxy) is 3. The number of thioether (sulfide) groups is 1. The van der Waals surface area contributed by atoms with Gasteiger partial charge in [0.05, 0.1) is 18.2 Å². The van der Waals surface area contributed by atoms with Crippen molar-refractivity contribution in [2.24, 2.45) is 0 Å². The fourth-order valence-corrected chi connectivity index (χ4v) is 4.04.